The van der Waals surface area contributed by atoms with Gasteiger partial charge < -0.3 is 10.1 Å². The van der Waals surface area contributed by atoms with E-state index in [4.69, 9.17) is 4.74 Å². The molecule has 16 heavy (non-hydrogen) atoms. The molecule has 1 heterocycles. The van der Waals surface area contributed by atoms with E-state index < -0.39 is 0 Å². The fourth-order valence-electron chi connectivity index (χ4n) is 1.70. The van der Waals surface area contributed by atoms with Crippen LogP contribution in [-0.2, 0) is 9.53 Å². The van der Waals surface area contributed by atoms with Crippen LogP contribution in [0, 0.1) is 5.92 Å². The van der Waals surface area contributed by atoms with Crippen molar-refractivity contribution in [2.45, 2.75) is 39.8 Å². The molecule has 0 bridgehead atoms. The van der Waals surface area contributed by atoms with Gasteiger partial charge in [0.1, 0.15) is 0 Å². The van der Waals surface area contributed by atoms with E-state index >= 15 is 0 Å². The second-order valence-electron chi connectivity index (χ2n) is 5.02. The minimum absolute atomic E-state index is 0.121. The van der Waals surface area contributed by atoms with Crippen LogP contribution < -0.4 is 5.32 Å². The highest BCUT2D eigenvalue weighted by Crippen LogP contribution is 2.04. The molecule has 0 aromatic carbocycles. The maximum atomic E-state index is 11.7. The van der Waals surface area contributed by atoms with Crippen LogP contribution in [0.25, 0.3) is 0 Å². The number of carbonyl (C=O) groups excluding carboxylic acids is 1. The molecule has 1 rings (SSSR count). The van der Waals surface area contributed by atoms with Gasteiger partial charge >= 0.3 is 0 Å². The van der Waals surface area contributed by atoms with Crippen LogP contribution in [-0.4, -0.2) is 49.2 Å². The standard InChI is InChI=1S/C12H24N2O2/c1-9(2)11(4)13-12(15)8-14-5-6-16-10(3)7-14/h9-11H,5-8H2,1-4H3,(H,13,15). The first kappa shape index (κ1) is 13.5. The first-order valence-corrected chi connectivity index (χ1v) is 6.12. The molecule has 0 aromatic heterocycles. The van der Waals surface area contributed by atoms with Crippen molar-refractivity contribution in [1.82, 2.24) is 10.2 Å². The van der Waals surface area contributed by atoms with Crippen molar-refractivity contribution in [1.29, 1.82) is 0 Å². The number of amides is 1. The molecule has 1 aliphatic rings. The Morgan fingerprint density at radius 3 is 2.75 bits per heavy atom. The molecule has 0 spiro atoms. The predicted octanol–water partition coefficient (Wildman–Crippen LogP) is 0.868. The fraction of sp³-hybridized carbons (Fsp3) is 0.917. The summed E-state index contributed by atoms with van der Waals surface area (Å²) in [5.41, 5.74) is 0. The summed E-state index contributed by atoms with van der Waals surface area (Å²) in [6.07, 6.45) is 0.240. The largest absolute Gasteiger partial charge is 0.376 e. The van der Waals surface area contributed by atoms with E-state index in [1.807, 2.05) is 13.8 Å². The molecule has 2 unspecified atom stereocenters. The van der Waals surface area contributed by atoms with Gasteiger partial charge in [0.2, 0.25) is 5.91 Å². The first-order chi connectivity index (χ1) is 7.49. The Labute approximate surface area is 98.3 Å². The molecular weight excluding hydrogens is 204 g/mol. The summed E-state index contributed by atoms with van der Waals surface area (Å²) in [4.78, 5) is 13.9. The van der Waals surface area contributed by atoms with Crippen molar-refractivity contribution in [2.24, 2.45) is 5.92 Å². The lowest BCUT2D eigenvalue weighted by Gasteiger charge is -2.31. The molecule has 1 N–H and O–H groups in total. The Morgan fingerprint density at radius 2 is 2.19 bits per heavy atom. The number of nitrogens with zero attached hydrogens (tertiary/aromatic N) is 1. The van der Waals surface area contributed by atoms with Crippen LogP contribution in [0.3, 0.4) is 0 Å². The van der Waals surface area contributed by atoms with Crippen molar-refractivity contribution in [3.05, 3.63) is 0 Å². The molecule has 2 atom stereocenters. The van der Waals surface area contributed by atoms with Crippen LogP contribution in [0.4, 0.5) is 0 Å². The van der Waals surface area contributed by atoms with Gasteiger partial charge in [0.05, 0.1) is 19.3 Å². The summed E-state index contributed by atoms with van der Waals surface area (Å²) >= 11 is 0. The fourth-order valence-corrected chi connectivity index (χ4v) is 1.70. The van der Waals surface area contributed by atoms with Crippen LogP contribution in [0.5, 0.6) is 0 Å². The number of carbonyl (C=O) groups is 1. The second kappa shape index (κ2) is 6.21. The SMILES string of the molecule is CC1CN(CC(=O)NC(C)C(C)C)CCO1. The van der Waals surface area contributed by atoms with Crippen LogP contribution >= 0.6 is 0 Å². The highest BCUT2D eigenvalue weighted by atomic mass is 16.5. The Kier molecular flexibility index (Phi) is 5.22. The highest BCUT2D eigenvalue weighted by Gasteiger charge is 2.19. The number of rotatable bonds is 4. The molecule has 1 amide bonds. The average molecular weight is 228 g/mol. The zero-order chi connectivity index (χ0) is 12.1. The molecule has 4 nitrogen and oxygen atoms in total. The third-order valence-electron chi connectivity index (χ3n) is 3.08. The van der Waals surface area contributed by atoms with E-state index in [0.29, 0.717) is 12.5 Å². The van der Waals surface area contributed by atoms with Crippen molar-refractivity contribution >= 4 is 5.91 Å². The summed E-state index contributed by atoms with van der Waals surface area (Å²) < 4.78 is 5.44. The molecule has 0 saturated carbocycles. The third-order valence-corrected chi connectivity index (χ3v) is 3.08. The van der Waals surface area contributed by atoms with E-state index in [1.54, 1.807) is 0 Å². The Balaban J connectivity index is 2.28. The third kappa shape index (κ3) is 4.49. The second-order valence-corrected chi connectivity index (χ2v) is 5.02. The normalized spacial score (nSPS) is 24.4. The van der Waals surface area contributed by atoms with Gasteiger partial charge in [-0.3, -0.25) is 9.69 Å². The molecule has 1 aliphatic heterocycles. The summed E-state index contributed by atoms with van der Waals surface area (Å²) in [7, 11) is 0. The number of hydrogen-bond donors (Lipinski definition) is 1. The molecule has 1 fully saturated rings. The van der Waals surface area contributed by atoms with E-state index in [1.165, 1.54) is 0 Å². The van der Waals surface area contributed by atoms with Gasteiger partial charge in [0, 0.05) is 19.1 Å². The number of nitrogens with one attached hydrogen (secondary N) is 1. The Hall–Kier alpha value is -0.610. The monoisotopic (exact) mass is 228 g/mol. The highest BCUT2D eigenvalue weighted by molar-refractivity contribution is 5.78. The molecular formula is C12H24N2O2. The summed E-state index contributed by atoms with van der Waals surface area (Å²) in [6, 6.07) is 0.242. The quantitative estimate of drug-likeness (QED) is 0.776. The zero-order valence-electron chi connectivity index (χ0n) is 10.8. The van der Waals surface area contributed by atoms with Crippen molar-refractivity contribution in [3.63, 3.8) is 0 Å². The van der Waals surface area contributed by atoms with Gasteiger partial charge in [0.25, 0.3) is 0 Å². The topological polar surface area (TPSA) is 41.6 Å². The minimum Gasteiger partial charge on any atom is -0.376 e. The molecule has 0 aliphatic carbocycles. The van der Waals surface area contributed by atoms with Crippen LogP contribution in [0.15, 0.2) is 0 Å². The maximum absolute atomic E-state index is 11.7. The number of hydrogen-bond acceptors (Lipinski definition) is 3. The molecule has 0 aromatic rings. The van der Waals surface area contributed by atoms with E-state index in [9.17, 15) is 4.79 Å². The zero-order valence-corrected chi connectivity index (χ0v) is 10.8. The molecule has 4 heteroatoms. The lowest BCUT2D eigenvalue weighted by molar-refractivity contribution is -0.124. The van der Waals surface area contributed by atoms with Crippen LogP contribution in [0.2, 0.25) is 0 Å². The molecule has 94 valence electrons. The van der Waals surface area contributed by atoms with Gasteiger partial charge in [-0.05, 0) is 19.8 Å². The summed E-state index contributed by atoms with van der Waals surface area (Å²) in [6.45, 7) is 11.2. The minimum atomic E-state index is 0.121. The molecule has 1 saturated heterocycles. The Morgan fingerprint density at radius 1 is 1.50 bits per heavy atom. The van der Waals surface area contributed by atoms with Gasteiger partial charge in [0.15, 0.2) is 0 Å². The van der Waals surface area contributed by atoms with Crippen molar-refractivity contribution in [3.8, 4) is 0 Å². The number of morpholine rings is 1. The average Bonchev–Trinajstić information content (AvgIpc) is 2.16. The van der Waals surface area contributed by atoms with E-state index in [-0.39, 0.29) is 18.1 Å². The lowest BCUT2D eigenvalue weighted by atomic mass is 10.1. The molecule has 0 radical (unpaired) electrons. The van der Waals surface area contributed by atoms with Gasteiger partial charge in [-0.15, -0.1) is 0 Å². The van der Waals surface area contributed by atoms with Crippen molar-refractivity contribution in [2.75, 3.05) is 26.2 Å². The van der Waals surface area contributed by atoms with Gasteiger partial charge in [-0.25, -0.2) is 0 Å². The summed E-state index contributed by atoms with van der Waals surface area (Å²) in [5.74, 6) is 0.600. The van der Waals surface area contributed by atoms with Gasteiger partial charge in [-0.2, -0.15) is 0 Å². The first-order valence-electron chi connectivity index (χ1n) is 6.12. The van der Waals surface area contributed by atoms with E-state index in [0.717, 1.165) is 19.7 Å². The Bertz CT molecular complexity index is 231. The van der Waals surface area contributed by atoms with Crippen molar-refractivity contribution < 1.29 is 9.53 Å². The maximum Gasteiger partial charge on any atom is 0.234 e. The predicted molar refractivity (Wildman–Crippen MR) is 64.3 cm³/mol. The lowest BCUT2D eigenvalue weighted by Crippen LogP contribution is -2.48. The number of ether oxygens (including phenoxy) is 1. The smallest absolute Gasteiger partial charge is 0.234 e. The van der Waals surface area contributed by atoms with Crippen LogP contribution in [0.1, 0.15) is 27.7 Å². The summed E-state index contributed by atoms with van der Waals surface area (Å²) in [5, 5.41) is 3.02. The van der Waals surface area contributed by atoms with Gasteiger partial charge in [-0.1, -0.05) is 13.8 Å². The van der Waals surface area contributed by atoms with E-state index in [2.05, 4.69) is 24.1 Å².